The van der Waals surface area contributed by atoms with E-state index in [9.17, 15) is 0 Å². The highest BCUT2D eigenvalue weighted by Gasteiger charge is 2.16. The summed E-state index contributed by atoms with van der Waals surface area (Å²) in [7, 11) is 5.37. The summed E-state index contributed by atoms with van der Waals surface area (Å²) in [5.74, 6) is 0.838. The first-order valence-corrected chi connectivity index (χ1v) is 9.98. The van der Waals surface area contributed by atoms with Crippen molar-refractivity contribution in [2.75, 3.05) is 34.4 Å². The van der Waals surface area contributed by atoms with Crippen LogP contribution in [0, 0.1) is 0 Å². The molecule has 0 atom stereocenters. The van der Waals surface area contributed by atoms with E-state index in [1.807, 2.05) is 18.1 Å². The van der Waals surface area contributed by atoms with Crippen LogP contribution in [0.1, 0.15) is 12.0 Å². The van der Waals surface area contributed by atoms with Crippen molar-refractivity contribution in [3.8, 4) is 5.75 Å². The predicted molar refractivity (Wildman–Crippen MR) is 113 cm³/mol. The minimum Gasteiger partial charge on any atom is -0.496 e. The normalized spacial score (nSPS) is 15.9. The van der Waals surface area contributed by atoms with Crippen LogP contribution in [0.3, 0.4) is 0 Å². The Morgan fingerprint density at radius 2 is 2.08 bits per heavy atom. The van der Waals surface area contributed by atoms with Gasteiger partial charge in [-0.2, -0.15) is 0 Å². The highest BCUT2D eigenvalue weighted by Crippen LogP contribution is 2.34. The number of hydrogen-bond acceptors (Lipinski definition) is 5. The van der Waals surface area contributed by atoms with E-state index in [-0.39, 0.29) is 0 Å². The van der Waals surface area contributed by atoms with Crippen molar-refractivity contribution in [2.45, 2.75) is 6.42 Å². The van der Waals surface area contributed by atoms with Gasteiger partial charge in [0.15, 0.2) is 5.17 Å². The zero-order chi connectivity index (χ0) is 18.5. The molecule has 0 saturated heterocycles. The smallest absolute Gasteiger partial charge is 0.182 e. The lowest BCUT2D eigenvalue weighted by molar-refractivity contribution is 0.197. The Balaban J connectivity index is 1.80. The highest BCUT2D eigenvalue weighted by atomic mass is 79.9. The second kappa shape index (κ2) is 8.79. The van der Waals surface area contributed by atoms with E-state index < -0.39 is 0 Å². The number of fused-ring (bicyclic) bond motifs is 1. The summed E-state index contributed by atoms with van der Waals surface area (Å²) < 4.78 is 11.4. The highest BCUT2D eigenvalue weighted by molar-refractivity contribution is 9.10. The van der Waals surface area contributed by atoms with Gasteiger partial charge in [-0.05, 0) is 45.3 Å². The third-order valence-electron chi connectivity index (χ3n) is 4.06. The molecule has 5 nitrogen and oxygen atoms in total. The van der Waals surface area contributed by atoms with E-state index in [4.69, 9.17) is 9.47 Å². The summed E-state index contributed by atoms with van der Waals surface area (Å²) in [4.78, 5) is 4.61. The molecule has 7 heteroatoms. The largest absolute Gasteiger partial charge is 0.496 e. The topological polar surface area (TPSA) is 46.1 Å². The Bertz CT molecular complexity index is 854. The molecule has 2 aromatic carbocycles. The number of hydrazine groups is 1. The first-order valence-electron chi connectivity index (χ1n) is 8.31. The first-order chi connectivity index (χ1) is 12.6. The number of methoxy groups -OCH3 is 2. The molecule has 3 rings (SSSR count). The van der Waals surface area contributed by atoms with Gasteiger partial charge in [-0.15, -0.1) is 0 Å². The molecule has 1 aliphatic heterocycles. The van der Waals surface area contributed by atoms with Crippen molar-refractivity contribution in [3.05, 3.63) is 45.8 Å². The van der Waals surface area contributed by atoms with Crippen molar-refractivity contribution in [1.82, 2.24) is 10.4 Å². The van der Waals surface area contributed by atoms with Crippen LogP contribution in [-0.2, 0) is 4.74 Å². The minimum absolute atomic E-state index is 0.733. The van der Waals surface area contributed by atoms with Crippen LogP contribution in [0.2, 0.25) is 0 Å². The van der Waals surface area contributed by atoms with Crippen molar-refractivity contribution < 1.29 is 9.47 Å². The molecule has 1 N–H and O–H groups in total. The number of hydrogen-bond donors (Lipinski definition) is 1. The maximum Gasteiger partial charge on any atom is 0.182 e. The number of nitrogens with one attached hydrogen (secondary N) is 1. The molecular weight excluding hydrogens is 414 g/mol. The summed E-state index contributed by atoms with van der Waals surface area (Å²) in [5, 5.41) is 7.31. The Morgan fingerprint density at radius 1 is 1.23 bits per heavy atom. The van der Waals surface area contributed by atoms with Crippen molar-refractivity contribution in [1.29, 1.82) is 0 Å². The monoisotopic (exact) mass is 435 g/mol. The Hall–Kier alpha value is -1.70. The summed E-state index contributed by atoms with van der Waals surface area (Å²) >= 11 is 5.25. The fraction of sp³-hybridized carbons (Fsp3) is 0.316. The summed E-state index contributed by atoms with van der Waals surface area (Å²) in [5.41, 5.74) is 5.59. The predicted octanol–water partition coefficient (Wildman–Crippen LogP) is 4.49. The molecule has 0 unspecified atom stereocenters. The van der Waals surface area contributed by atoms with E-state index in [1.54, 1.807) is 26.0 Å². The van der Waals surface area contributed by atoms with Gasteiger partial charge >= 0.3 is 0 Å². The molecule has 1 aliphatic rings. The Labute approximate surface area is 166 Å². The third-order valence-corrected chi connectivity index (χ3v) is 5.85. The molecule has 138 valence electrons. The standard InChI is InChI=1S/C19H22BrN3O2S/c1-23-19(21-9-4-10-24-2)26-12-16(22-23)14-5-7-15-13(11-14)6-8-17(25-3)18(15)20/h5-8,11-12,22H,4,9-10H2,1-3H3. The zero-order valence-corrected chi connectivity index (χ0v) is 17.5. The van der Waals surface area contributed by atoms with Crippen molar-refractivity contribution >= 4 is 49.3 Å². The molecule has 0 bridgehead atoms. The molecule has 2 aromatic rings. The average Bonchev–Trinajstić information content (AvgIpc) is 2.66. The number of halogens is 1. The first kappa shape index (κ1) is 19.1. The average molecular weight is 436 g/mol. The molecule has 0 aliphatic carbocycles. The van der Waals surface area contributed by atoms with Gasteiger partial charge in [-0.1, -0.05) is 30.0 Å². The molecular formula is C19H22BrN3O2S. The quantitative estimate of drug-likeness (QED) is 0.677. The summed E-state index contributed by atoms with van der Waals surface area (Å²) in [6.45, 7) is 1.49. The number of rotatable bonds is 6. The number of thioether (sulfide) groups is 1. The van der Waals surface area contributed by atoms with E-state index >= 15 is 0 Å². The number of ether oxygens (including phenoxy) is 2. The molecule has 26 heavy (non-hydrogen) atoms. The van der Waals surface area contributed by atoms with Crippen LogP contribution < -0.4 is 10.2 Å². The van der Waals surface area contributed by atoms with E-state index in [0.717, 1.165) is 57.0 Å². The van der Waals surface area contributed by atoms with Crippen LogP contribution in [0.25, 0.3) is 16.5 Å². The lowest BCUT2D eigenvalue weighted by Gasteiger charge is -2.28. The number of benzene rings is 2. The van der Waals surface area contributed by atoms with E-state index in [1.165, 1.54) is 0 Å². The zero-order valence-electron chi connectivity index (χ0n) is 15.1. The van der Waals surface area contributed by atoms with Gasteiger partial charge in [-0.3, -0.25) is 15.4 Å². The van der Waals surface area contributed by atoms with Gasteiger partial charge in [0, 0.05) is 38.3 Å². The van der Waals surface area contributed by atoms with Crippen LogP contribution >= 0.6 is 27.7 Å². The van der Waals surface area contributed by atoms with Crippen LogP contribution in [0.15, 0.2) is 45.2 Å². The van der Waals surface area contributed by atoms with Crippen LogP contribution in [0.5, 0.6) is 5.75 Å². The van der Waals surface area contributed by atoms with Gasteiger partial charge in [0.05, 0.1) is 17.3 Å². The lowest BCUT2D eigenvalue weighted by Crippen LogP contribution is -2.39. The second-order valence-electron chi connectivity index (χ2n) is 5.85. The molecule has 0 amide bonds. The molecule has 0 saturated carbocycles. The van der Waals surface area contributed by atoms with Gasteiger partial charge in [0.2, 0.25) is 0 Å². The maximum atomic E-state index is 5.37. The molecule has 1 heterocycles. The number of nitrogens with zero attached hydrogens (tertiary/aromatic N) is 2. The van der Waals surface area contributed by atoms with E-state index in [2.05, 4.69) is 56.0 Å². The number of aliphatic imine (C=N–C) groups is 1. The van der Waals surface area contributed by atoms with Gasteiger partial charge in [0.25, 0.3) is 0 Å². The summed E-state index contributed by atoms with van der Waals surface area (Å²) in [6.07, 6.45) is 0.925. The lowest BCUT2D eigenvalue weighted by atomic mass is 10.1. The van der Waals surface area contributed by atoms with E-state index in [0.29, 0.717) is 0 Å². The fourth-order valence-corrected chi connectivity index (χ4v) is 4.14. The van der Waals surface area contributed by atoms with Gasteiger partial charge in [0.1, 0.15) is 5.75 Å². The summed E-state index contributed by atoms with van der Waals surface area (Å²) in [6, 6.07) is 10.4. The molecule has 0 spiro atoms. The molecule has 0 fully saturated rings. The van der Waals surface area contributed by atoms with Gasteiger partial charge < -0.3 is 9.47 Å². The minimum atomic E-state index is 0.733. The van der Waals surface area contributed by atoms with Crippen molar-refractivity contribution in [2.24, 2.45) is 4.99 Å². The Kier molecular flexibility index (Phi) is 6.45. The van der Waals surface area contributed by atoms with Crippen LogP contribution in [0.4, 0.5) is 0 Å². The second-order valence-corrected chi connectivity index (χ2v) is 7.48. The molecule has 0 radical (unpaired) electrons. The number of amidine groups is 1. The third kappa shape index (κ3) is 4.16. The Morgan fingerprint density at radius 3 is 2.81 bits per heavy atom. The fourth-order valence-electron chi connectivity index (χ4n) is 2.70. The van der Waals surface area contributed by atoms with Crippen LogP contribution in [-0.4, -0.2) is 44.6 Å². The van der Waals surface area contributed by atoms with Gasteiger partial charge in [-0.25, -0.2) is 0 Å². The SMILES string of the molecule is COCCCN=C1SC=C(c2ccc3c(Br)c(OC)ccc3c2)NN1C. The molecule has 0 aromatic heterocycles. The maximum absolute atomic E-state index is 5.37. The van der Waals surface area contributed by atoms with Crippen molar-refractivity contribution in [3.63, 3.8) is 0 Å².